The van der Waals surface area contributed by atoms with Gasteiger partial charge in [0.25, 0.3) is 0 Å². The molecule has 1 rings (SSSR count). The highest BCUT2D eigenvalue weighted by Crippen LogP contribution is 2.21. The molecule has 0 atom stereocenters. The Kier molecular flexibility index (Phi) is 4.72. The van der Waals surface area contributed by atoms with Gasteiger partial charge in [-0.15, -0.1) is 12.6 Å². The lowest BCUT2D eigenvalue weighted by molar-refractivity contribution is 0.818. The first-order valence-electron chi connectivity index (χ1n) is 5.00. The van der Waals surface area contributed by atoms with E-state index in [1.807, 2.05) is 21.0 Å². The Labute approximate surface area is 97.2 Å². The van der Waals surface area contributed by atoms with E-state index in [0.29, 0.717) is 0 Å². The molecule has 3 heteroatoms. The van der Waals surface area contributed by atoms with Gasteiger partial charge >= 0.3 is 0 Å². The van der Waals surface area contributed by atoms with E-state index in [2.05, 4.69) is 47.5 Å². The highest BCUT2D eigenvalue weighted by molar-refractivity contribution is 7.90. The van der Waals surface area contributed by atoms with Crippen molar-refractivity contribution >= 4 is 17.5 Å². The monoisotopic (exact) mass is 222 g/mol. The standard InChI is InChI=1S/C12H18N2S/c1-9(14-3)12(15)11-6-4-10(5-7-11)8-13-2/h4-7,13-15H,8H2,1-3H3/b12-9-. The summed E-state index contributed by atoms with van der Waals surface area (Å²) in [6.07, 6.45) is 0. The van der Waals surface area contributed by atoms with E-state index >= 15 is 0 Å². The summed E-state index contributed by atoms with van der Waals surface area (Å²) in [6.45, 7) is 2.92. The van der Waals surface area contributed by atoms with E-state index in [4.69, 9.17) is 0 Å². The molecule has 0 bridgehead atoms. The molecule has 82 valence electrons. The highest BCUT2D eigenvalue weighted by Gasteiger charge is 2.00. The molecule has 2 N–H and O–H groups in total. The van der Waals surface area contributed by atoms with Gasteiger partial charge in [0, 0.05) is 24.2 Å². The lowest BCUT2D eigenvalue weighted by atomic mass is 10.1. The molecule has 0 fully saturated rings. The van der Waals surface area contributed by atoms with Gasteiger partial charge in [0.05, 0.1) is 0 Å². The molecule has 0 aliphatic carbocycles. The van der Waals surface area contributed by atoms with Crippen molar-refractivity contribution in [2.45, 2.75) is 13.5 Å². The van der Waals surface area contributed by atoms with Crippen LogP contribution in [0.1, 0.15) is 18.1 Å². The van der Waals surface area contributed by atoms with Gasteiger partial charge in [0.1, 0.15) is 0 Å². The second-order valence-electron chi connectivity index (χ2n) is 3.45. The minimum atomic E-state index is 0.900. The predicted molar refractivity (Wildman–Crippen MR) is 69.8 cm³/mol. The normalized spacial score (nSPS) is 12.3. The van der Waals surface area contributed by atoms with Crippen LogP contribution in [0.5, 0.6) is 0 Å². The summed E-state index contributed by atoms with van der Waals surface area (Å²) in [4.78, 5) is 0.994. The molecule has 0 heterocycles. The van der Waals surface area contributed by atoms with Gasteiger partial charge < -0.3 is 10.6 Å². The molecule has 15 heavy (non-hydrogen) atoms. The zero-order valence-electron chi connectivity index (χ0n) is 9.46. The van der Waals surface area contributed by atoms with Crippen LogP contribution in [0.4, 0.5) is 0 Å². The second kappa shape index (κ2) is 5.83. The third kappa shape index (κ3) is 3.29. The minimum absolute atomic E-state index is 0.900. The largest absolute Gasteiger partial charge is 0.391 e. The first-order chi connectivity index (χ1) is 7.19. The van der Waals surface area contributed by atoms with Gasteiger partial charge in [-0.05, 0) is 25.1 Å². The fourth-order valence-corrected chi connectivity index (χ4v) is 1.58. The lowest BCUT2D eigenvalue weighted by Gasteiger charge is -2.07. The van der Waals surface area contributed by atoms with Gasteiger partial charge in [-0.2, -0.15) is 0 Å². The van der Waals surface area contributed by atoms with Crippen molar-refractivity contribution < 1.29 is 0 Å². The summed E-state index contributed by atoms with van der Waals surface area (Å²) in [6, 6.07) is 8.42. The third-order valence-corrected chi connectivity index (χ3v) is 2.93. The second-order valence-corrected chi connectivity index (χ2v) is 3.90. The Hall–Kier alpha value is -0.930. The summed E-state index contributed by atoms with van der Waals surface area (Å²) in [7, 11) is 3.85. The molecule has 1 aromatic carbocycles. The molecule has 0 spiro atoms. The van der Waals surface area contributed by atoms with Crippen molar-refractivity contribution in [3.63, 3.8) is 0 Å². The van der Waals surface area contributed by atoms with Crippen LogP contribution in [0.15, 0.2) is 30.0 Å². The molecule has 0 aliphatic rings. The molecule has 2 nitrogen and oxygen atoms in total. The fraction of sp³-hybridized carbons (Fsp3) is 0.333. The molecule has 0 aromatic heterocycles. The Morgan fingerprint density at radius 3 is 2.27 bits per heavy atom. The number of allylic oxidation sites excluding steroid dienone is 1. The number of hydrogen-bond donors (Lipinski definition) is 3. The van der Waals surface area contributed by atoms with E-state index in [-0.39, 0.29) is 0 Å². The summed E-state index contributed by atoms with van der Waals surface area (Å²) < 4.78 is 0. The number of nitrogens with one attached hydrogen (secondary N) is 2. The van der Waals surface area contributed by atoms with Gasteiger partial charge in [-0.1, -0.05) is 24.3 Å². The maximum atomic E-state index is 4.48. The molecular formula is C12H18N2S. The summed E-state index contributed by atoms with van der Waals surface area (Å²) in [5.74, 6) is 0. The zero-order valence-corrected chi connectivity index (χ0v) is 10.4. The van der Waals surface area contributed by atoms with Crippen molar-refractivity contribution in [1.82, 2.24) is 10.6 Å². The van der Waals surface area contributed by atoms with Crippen LogP contribution in [0.25, 0.3) is 4.91 Å². The van der Waals surface area contributed by atoms with Crippen LogP contribution in [0.2, 0.25) is 0 Å². The highest BCUT2D eigenvalue weighted by atomic mass is 32.1. The van der Waals surface area contributed by atoms with Crippen LogP contribution in [0, 0.1) is 0 Å². The summed E-state index contributed by atoms with van der Waals surface area (Å²) >= 11 is 4.48. The van der Waals surface area contributed by atoms with Crippen molar-refractivity contribution in [1.29, 1.82) is 0 Å². The molecular weight excluding hydrogens is 204 g/mol. The summed E-state index contributed by atoms with van der Waals surface area (Å²) in [5, 5.41) is 6.22. The molecule has 0 amide bonds. The quantitative estimate of drug-likeness (QED) is 0.681. The Bertz CT molecular complexity index is 341. The average Bonchev–Trinajstić information content (AvgIpc) is 2.28. The number of thiol groups is 1. The SMILES string of the molecule is CNCc1ccc(/C(S)=C(\C)NC)cc1. The lowest BCUT2D eigenvalue weighted by Crippen LogP contribution is -2.05. The maximum Gasteiger partial charge on any atom is 0.0300 e. The third-order valence-electron chi connectivity index (χ3n) is 2.34. The molecule has 0 aliphatic heterocycles. The number of benzene rings is 1. The summed E-state index contributed by atoms with van der Waals surface area (Å²) in [5.41, 5.74) is 3.51. The molecule has 0 unspecified atom stereocenters. The van der Waals surface area contributed by atoms with E-state index in [0.717, 1.165) is 22.7 Å². The zero-order chi connectivity index (χ0) is 11.3. The predicted octanol–water partition coefficient (Wildman–Crippen LogP) is 2.24. The van der Waals surface area contributed by atoms with Crippen LogP contribution < -0.4 is 10.6 Å². The Morgan fingerprint density at radius 1 is 1.20 bits per heavy atom. The van der Waals surface area contributed by atoms with Gasteiger partial charge in [-0.25, -0.2) is 0 Å². The van der Waals surface area contributed by atoms with Crippen LogP contribution >= 0.6 is 12.6 Å². The first kappa shape index (κ1) is 12.1. The Morgan fingerprint density at radius 2 is 1.80 bits per heavy atom. The number of hydrogen-bond acceptors (Lipinski definition) is 3. The van der Waals surface area contributed by atoms with Gasteiger partial charge in [0.15, 0.2) is 0 Å². The smallest absolute Gasteiger partial charge is 0.0300 e. The van der Waals surface area contributed by atoms with Crippen molar-refractivity contribution in [3.8, 4) is 0 Å². The average molecular weight is 222 g/mol. The van der Waals surface area contributed by atoms with E-state index in [9.17, 15) is 0 Å². The van der Waals surface area contributed by atoms with Gasteiger partial charge in [-0.3, -0.25) is 0 Å². The molecule has 0 radical (unpaired) electrons. The van der Waals surface area contributed by atoms with E-state index < -0.39 is 0 Å². The van der Waals surface area contributed by atoms with Crippen LogP contribution in [0.3, 0.4) is 0 Å². The van der Waals surface area contributed by atoms with Crippen molar-refractivity contribution in [3.05, 3.63) is 41.1 Å². The van der Waals surface area contributed by atoms with Crippen LogP contribution in [-0.2, 0) is 6.54 Å². The maximum absolute atomic E-state index is 4.48. The molecule has 0 saturated carbocycles. The Balaban J connectivity index is 2.89. The van der Waals surface area contributed by atoms with E-state index in [1.54, 1.807) is 0 Å². The topological polar surface area (TPSA) is 24.1 Å². The minimum Gasteiger partial charge on any atom is -0.391 e. The van der Waals surface area contributed by atoms with Crippen LogP contribution in [-0.4, -0.2) is 14.1 Å². The molecule has 1 aromatic rings. The molecule has 0 saturated heterocycles. The van der Waals surface area contributed by atoms with Crippen molar-refractivity contribution in [2.75, 3.05) is 14.1 Å². The first-order valence-corrected chi connectivity index (χ1v) is 5.45. The fourth-order valence-electron chi connectivity index (χ4n) is 1.32. The number of rotatable bonds is 4. The van der Waals surface area contributed by atoms with Gasteiger partial charge in [0.2, 0.25) is 0 Å². The van der Waals surface area contributed by atoms with E-state index in [1.165, 1.54) is 5.56 Å². The van der Waals surface area contributed by atoms with Crippen molar-refractivity contribution in [2.24, 2.45) is 0 Å².